The molecule has 1 atom stereocenters. The summed E-state index contributed by atoms with van der Waals surface area (Å²) in [4.78, 5) is 29.2. The average Bonchev–Trinajstić information content (AvgIpc) is 2.92. The van der Waals surface area contributed by atoms with Gasteiger partial charge in [-0.25, -0.2) is 8.42 Å². The molecule has 3 aromatic rings. The molecule has 0 aromatic heterocycles. The number of nitrogens with zero attached hydrogens (tertiary/aromatic N) is 2. The van der Waals surface area contributed by atoms with Gasteiger partial charge < -0.3 is 10.2 Å². The molecular formula is C30H34Cl3N3O4S. The van der Waals surface area contributed by atoms with Crippen LogP contribution in [0.5, 0.6) is 0 Å². The van der Waals surface area contributed by atoms with E-state index in [0.29, 0.717) is 32.7 Å². The summed E-state index contributed by atoms with van der Waals surface area (Å²) in [6.45, 7) is 3.51. The van der Waals surface area contributed by atoms with Gasteiger partial charge in [-0.2, -0.15) is 0 Å². The number of amides is 2. The van der Waals surface area contributed by atoms with Crippen LogP contribution in [0.2, 0.25) is 15.1 Å². The van der Waals surface area contributed by atoms with Crippen molar-refractivity contribution in [3.8, 4) is 0 Å². The molecule has 1 N–H and O–H groups in total. The van der Waals surface area contributed by atoms with Crippen LogP contribution in [0, 0.1) is 6.92 Å². The number of carbonyl (C=O) groups excluding carboxylic acids is 2. The van der Waals surface area contributed by atoms with Crippen molar-refractivity contribution in [2.45, 2.75) is 45.7 Å². The van der Waals surface area contributed by atoms with Crippen molar-refractivity contribution in [2.24, 2.45) is 0 Å². The zero-order valence-electron chi connectivity index (χ0n) is 23.2. The van der Waals surface area contributed by atoms with E-state index in [1.54, 1.807) is 37.3 Å². The Balaban J connectivity index is 2.11. The highest BCUT2D eigenvalue weighted by Gasteiger charge is 2.34. The lowest BCUT2D eigenvalue weighted by Crippen LogP contribution is -2.53. The SMILES string of the molecule is CCCCNC(=O)C(Cc1ccccc1)N(Cc1c(Cl)cccc1Cl)C(=O)CN(c1cc(Cl)ccc1C)S(C)(=O)=O. The Hall–Kier alpha value is -2.78. The standard InChI is InChI=1S/C30H34Cl3N3O4S/c1-4-5-16-34-30(38)28(17-22-10-7-6-8-11-22)35(19-24-25(32)12-9-13-26(24)33)29(37)20-36(41(3,39)40)27-18-23(31)15-14-21(27)2/h6-15,18,28H,4-5,16-17,19-20H2,1-3H3,(H,34,38). The number of hydrogen-bond donors (Lipinski definition) is 1. The van der Waals surface area contributed by atoms with Gasteiger partial charge in [0.1, 0.15) is 12.6 Å². The van der Waals surface area contributed by atoms with E-state index < -0.39 is 28.5 Å². The second-order valence-corrected chi connectivity index (χ2v) is 12.9. The highest BCUT2D eigenvalue weighted by molar-refractivity contribution is 7.92. The van der Waals surface area contributed by atoms with Gasteiger partial charge in [-0.05, 0) is 48.7 Å². The predicted octanol–water partition coefficient (Wildman–Crippen LogP) is 6.28. The number of carbonyl (C=O) groups is 2. The summed E-state index contributed by atoms with van der Waals surface area (Å²) < 4.78 is 27.0. The van der Waals surface area contributed by atoms with Crippen molar-refractivity contribution >= 4 is 62.3 Å². The Kier molecular flexibility index (Phi) is 11.9. The Morgan fingerprint density at radius 1 is 0.951 bits per heavy atom. The van der Waals surface area contributed by atoms with Crippen LogP contribution in [0.25, 0.3) is 0 Å². The molecule has 0 aliphatic heterocycles. The van der Waals surface area contributed by atoms with E-state index in [1.807, 2.05) is 37.3 Å². The van der Waals surface area contributed by atoms with Gasteiger partial charge >= 0.3 is 0 Å². The lowest BCUT2D eigenvalue weighted by Gasteiger charge is -2.34. The molecule has 3 aromatic carbocycles. The molecule has 1 unspecified atom stereocenters. The summed E-state index contributed by atoms with van der Waals surface area (Å²) in [5.74, 6) is -0.957. The van der Waals surface area contributed by atoms with Gasteiger partial charge in [-0.15, -0.1) is 0 Å². The van der Waals surface area contributed by atoms with E-state index in [4.69, 9.17) is 34.8 Å². The topological polar surface area (TPSA) is 86.8 Å². The summed E-state index contributed by atoms with van der Waals surface area (Å²) in [7, 11) is -3.92. The van der Waals surface area contributed by atoms with Crippen LogP contribution < -0.4 is 9.62 Å². The van der Waals surface area contributed by atoms with E-state index in [0.717, 1.165) is 29.0 Å². The third-order valence-corrected chi connectivity index (χ3v) is 8.68. The van der Waals surface area contributed by atoms with Crippen molar-refractivity contribution in [3.05, 3.63) is 98.5 Å². The second kappa shape index (κ2) is 14.9. The van der Waals surface area contributed by atoms with Gasteiger partial charge in [0.2, 0.25) is 21.8 Å². The first-order valence-electron chi connectivity index (χ1n) is 13.2. The van der Waals surface area contributed by atoms with Gasteiger partial charge in [0, 0.05) is 40.1 Å². The molecule has 0 saturated carbocycles. The third-order valence-electron chi connectivity index (χ3n) is 6.61. The third kappa shape index (κ3) is 9.10. The molecule has 2 amide bonds. The molecule has 0 aliphatic carbocycles. The summed E-state index contributed by atoms with van der Waals surface area (Å²) in [5, 5.41) is 3.91. The van der Waals surface area contributed by atoms with Crippen LogP contribution in [-0.2, 0) is 32.6 Å². The first kappa shape index (κ1) is 32.7. The van der Waals surface area contributed by atoms with Gasteiger partial charge in [0.15, 0.2) is 0 Å². The molecule has 220 valence electrons. The van der Waals surface area contributed by atoms with Crippen molar-refractivity contribution < 1.29 is 18.0 Å². The molecule has 0 saturated heterocycles. The minimum Gasteiger partial charge on any atom is -0.354 e. The van der Waals surface area contributed by atoms with Crippen LogP contribution in [-0.4, -0.2) is 50.5 Å². The van der Waals surface area contributed by atoms with Crippen LogP contribution in [0.3, 0.4) is 0 Å². The van der Waals surface area contributed by atoms with Crippen LogP contribution in [0.1, 0.15) is 36.5 Å². The van der Waals surface area contributed by atoms with E-state index in [2.05, 4.69) is 5.32 Å². The molecule has 0 radical (unpaired) electrons. The fraction of sp³-hybridized carbons (Fsp3) is 0.333. The number of unbranched alkanes of at least 4 members (excludes halogenated alkanes) is 1. The fourth-order valence-corrected chi connectivity index (χ4v) is 5.94. The monoisotopic (exact) mass is 637 g/mol. The van der Waals surface area contributed by atoms with Gasteiger partial charge in [-0.3, -0.25) is 13.9 Å². The molecule has 0 spiro atoms. The van der Waals surface area contributed by atoms with Gasteiger partial charge in [-0.1, -0.05) is 90.6 Å². The first-order chi connectivity index (χ1) is 19.4. The molecule has 11 heteroatoms. The highest BCUT2D eigenvalue weighted by Crippen LogP contribution is 2.29. The molecule has 41 heavy (non-hydrogen) atoms. The number of halogens is 3. The number of sulfonamides is 1. The average molecular weight is 639 g/mol. The summed E-state index contributed by atoms with van der Waals surface area (Å²) in [5.41, 5.74) is 2.17. The number of rotatable bonds is 13. The number of hydrogen-bond acceptors (Lipinski definition) is 4. The zero-order valence-corrected chi connectivity index (χ0v) is 26.3. The Bertz CT molecular complexity index is 1450. The Morgan fingerprint density at radius 2 is 1.61 bits per heavy atom. The molecule has 3 rings (SSSR count). The molecule has 7 nitrogen and oxygen atoms in total. The van der Waals surface area contributed by atoms with Crippen LogP contribution in [0.4, 0.5) is 5.69 Å². The number of nitrogens with one attached hydrogen (secondary N) is 1. The van der Waals surface area contributed by atoms with Crippen molar-refractivity contribution in [1.29, 1.82) is 0 Å². The Morgan fingerprint density at radius 3 is 2.22 bits per heavy atom. The summed E-state index contributed by atoms with van der Waals surface area (Å²) in [6.07, 6.45) is 2.87. The van der Waals surface area contributed by atoms with Crippen LogP contribution in [0.15, 0.2) is 66.7 Å². The lowest BCUT2D eigenvalue weighted by atomic mass is 10.0. The molecule has 0 bridgehead atoms. The van der Waals surface area contributed by atoms with Gasteiger partial charge in [0.05, 0.1) is 11.9 Å². The van der Waals surface area contributed by atoms with E-state index in [1.165, 1.54) is 11.0 Å². The van der Waals surface area contributed by atoms with Crippen LogP contribution >= 0.6 is 34.8 Å². The lowest BCUT2D eigenvalue weighted by molar-refractivity contribution is -0.140. The maximum absolute atomic E-state index is 14.2. The van der Waals surface area contributed by atoms with Crippen molar-refractivity contribution in [3.63, 3.8) is 0 Å². The minimum absolute atomic E-state index is 0.109. The Labute approximate surface area is 257 Å². The van der Waals surface area contributed by atoms with E-state index in [9.17, 15) is 18.0 Å². The maximum atomic E-state index is 14.2. The number of anilines is 1. The van der Waals surface area contributed by atoms with Crippen molar-refractivity contribution in [2.75, 3.05) is 23.7 Å². The number of benzene rings is 3. The maximum Gasteiger partial charge on any atom is 0.244 e. The molecule has 0 aliphatic rings. The molecular weight excluding hydrogens is 605 g/mol. The zero-order chi connectivity index (χ0) is 30.2. The first-order valence-corrected chi connectivity index (χ1v) is 16.2. The normalized spacial score (nSPS) is 12.0. The predicted molar refractivity (Wildman–Crippen MR) is 167 cm³/mol. The van der Waals surface area contributed by atoms with Gasteiger partial charge in [0.25, 0.3) is 0 Å². The number of aryl methyl sites for hydroxylation is 1. The molecule has 0 heterocycles. The summed E-state index contributed by atoms with van der Waals surface area (Å²) in [6, 6.07) is 18.1. The van der Waals surface area contributed by atoms with E-state index >= 15 is 0 Å². The van der Waals surface area contributed by atoms with E-state index in [-0.39, 0.29) is 24.6 Å². The fourth-order valence-electron chi connectivity index (χ4n) is 4.36. The highest BCUT2D eigenvalue weighted by atomic mass is 35.5. The largest absolute Gasteiger partial charge is 0.354 e. The second-order valence-electron chi connectivity index (χ2n) is 9.77. The quantitative estimate of drug-likeness (QED) is 0.223. The van der Waals surface area contributed by atoms with Crippen molar-refractivity contribution in [1.82, 2.24) is 10.2 Å². The molecule has 0 fully saturated rings. The summed E-state index contributed by atoms with van der Waals surface area (Å²) >= 11 is 19.2. The smallest absolute Gasteiger partial charge is 0.244 e. The minimum atomic E-state index is -3.92.